The number of hydrogen-bond donors (Lipinski definition) is 0. The Labute approximate surface area is 135 Å². The quantitative estimate of drug-likeness (QED) is 0.218. The molecular formula is C12H22O8Sn+2. The standard InChI is InChI=1S/2C6H11O4.Sn/c2*1-9-6(8)2-4-10-5-3-7;/h2*2-5H2,1H3;/q2*-1;+4. The van der Waals surface area contributed by atoms with E-state index in [1.165, 1.54) is 14.2 Å². The number of ether oxygens (including phenoxy) is 4. The van der Waals surface area contributed by atoms with Crippen LogP contribution in [0.1, 0.15) is 12.8 Å². The van der Waals surface area contributed by atoms with Gasteiger partial charge in [0.25, 0.3) is 0 Å². The van der Waals surface area contributed by atoms with Crippen LogP contribution in [0.15, 0.2) is 0 Å². The van der Waals surface area contributed by atoms with E-state index in [2.05, 4.69) is 9.47 Å². The zero-order chi connectivity index (χ0) is 15.8. The average Bonchev–Trinajstić information content (AvgIpc) is 2.51. The van der Waals surface area contributed by atoms with E-state index in [1.807, 2.05) is 0 Å². The van der Waals surface area contributed by atoms with Gasteiger partial charge in [0.05, 0.1) is 0 Å². The Bertz CT molecular complexity index is 248. The summed E-state index contributed by atoms with van der Waals surface area (Å²) in [7, 11) is 2.68. The molecular weight excluding hydrogens is 391 g/mol. The summed E-state index contributed by atoms with van der Waals surface area (Å²) in [4.78, 5) is 21.5. The second kappa shape index (κ2) is 16.0. The topological polar surface area (TPSA) is 89.5 Å². The van der Waals surface area contributed by atoms with Gasteiger partial charge in [-0.1, -0.05) is 0 Å². The maximum absolute atomic E-state index is 10.8. The van der Waals surface area contributed by atoms with Gasteiger partial charge in [-0.15, -0.1) is 0 Å². The number of methoxy groups -OCH3 is 2. The molecule has 0 N–H and O–H groups in total. The number of carbonyl (C=O) groups is 2. The molecule has 0 aliphatic rings. The summed E-state index contributed by atoms with van der Waals surface area (Å²) in [5.74, 6) is -0.578. The first-order valence-electron chi connectivity index (χ1n) is 6.48. The fourth-order valence-corrected chi connectivity index (χ4v) is 2.23. The fourth-order valence-electron chi connectivity index (χ4n) is 1.05. The third kappa shape index (κ3) is 15.8. The summed E-state index contributed by atoms with van der Waals surface area (Å²) in [6, 6.07) is 0. The Morgan fingerprint density at radius 3 is 1.52 bits per heavy atom. The zero-order valence-corrected chi connectivity index (χ0v) is 15.3. The zero-order valence-electron chi connectivity index (χ0n) is 12.4. The molecule has 0 aromatic rings. The molecule has 8 nitrogen and oxygen atoms in total. The van der Waals surface area contributed by atoms with Crippen molar-refractivity contribution in [2.75, 3.05) is 53.9 Å². The van der Waals surface area contributed by atoms with E-state index in [9.17, 15) is 9.59 Å². The summed E-state index contributed by atoms with van der Waals surface area (Å²) in [6.45, 7) is 2.42. The molecule has 120 valence electrons. The van der Waals surface area contributed by atoms with Crippen LogP contribution in [0.4, 0.5) is 0 Å². The van der Waals surface area contributed by atoms with Crippen LogP contribution >= 0.6 is 0 Å². The molecule has 21 heavy (non-hydrogen) atoms. The number of hydrogen-bond acceptors (Lipinski definition) is 8. The van der Waals surface area contributed by atoms with Gasteiger partial charge in [0.15, 0.2) is 0 Å². The number of carbonyl (C=O) groups excluding carboxylic acids is 2. The second-order valence-electron chi connectivity index (χ2n) is 3.66. The van der Waals surface area contributed by atoms with E-state index < -0.39 is 22.0 Å². The van der Waals surface area contributed by atoms with Crippen LogP contribution in [-0.2, 0) is 34.7 Å². The van der Waals surface area contributed by atoms with Crippen LogP contribution in [0.5, 0.6) is 0 Å². The molecule has 0 heterocycles. The van der Waals surface area contributed by atoms with Crippen molar-refractivity contribution >= 4 is 33.9 Å². The Morgan fingerprint density at radius 2 is 1.14 bits per heavy atom. The minimum absolute atomic E-state index is 0.246. The summed E-state index contributed by atoms with van der Waals surface area (Å²) in [5, 5.41) is 0. The Hall–Kier alpha value is -0.421. The molecule has 0 bridgehead atoms. The SMILES string of the molecule is COC(=O)CCOCC[O][Sn+2][O]CCOCCC(=O)OC. The van der Waals surface area contributed by atoms with Crippen LogP contribution in [-0.4, -0.2) is 87.8 Å². The predicted octanol–water partition coefficient (Wildman–Crippen LogP) is -0.287. The summed E-state index contributed by atoms with van der Waals surface area (Å²) in [5.41, 5.74) is 0. The van der Waals surface area contributed by atoms with Crippen molar-refractivity contribution < 1.29 is 34.7 Å². The van der Waals surface area contributed by atoms with Crippen molar-refractivity contribution in [3.05, 3.63) is 0 Å². The van der Waals surface area contributed by atoms with Crippen molar-refractivity contribution in [1.82, 2.24) is 0 Å². The van der Waals surface area contributed by atoms with Crippen LogP contribution in [0.3, 0.4) is 0 Å². The molecule has 0 aliphatic heterocycles. The van der Waals surface area contributed by atoms with Crippen molar-refractivity contribution in [3.63, 3.8) is 0 Å². The number of esters is 2. The van der Waals surface area contributed by atoms with E-state index in [1.54, 1.807) is 0 Å². The molecule has 0 unspecified atom stereocenters. The Balaban J connectivity index is 3.06. The van der Waals surface area contributed by atoms with Crippen LogP contribution in [0.2, 0.25) is 0 Å². The first-order valence-corrected chi connectivity index (χ1v) is 8.81. The van der Waals surface area contributed by atoms with Gasteiger partial charge in [0.2, 0.25) is 0 Å². The van der Waals surface area contributed by atoms with Crippen molar-refractivity contribution in [1.29, 1.82) is 0 Å². The number of rotatable bonds is 14. The van der Waals surface area contributed by atoms with Crippen molar-refractivity contribution in [2.45, 2.75) is 12.8 Å². The van der Waals surface area contributed by atoms with Crippen LogP contribution in [0, 0.1) is 0 Å². The summed E-state index contributed by atoms with van der Waals surface area (Å²) < 4.78 is 29.9. The van der Waals surface area contributed by atoms with E-state index in [0.29, 0.717) is 39.6 Å². The molecule has 0 saturated carbocycles. The molecule has 0 atom stereocenters. The molecule has 0 spiro atoms. The first-order chi connectivity index (χ1) is 10.2. The third-order valence-electron chi connectivity index (χ3n) is 2.13. The molecule has 0 aromatic heterocycles. The van der Waals surface area contributed by atoms with Crippen LogP contribution in [0.25, 0.3) is 0 Å². The summed E-state index contributed by atoms with van der Waals surface area (Å²) >= 11 is -1.30. The van der Waals surface area contributed by atoms with Crippen LogP contribution < -0.4 is 0 Å². The molecule has 0 fully saturated rings. The first kappa shape index (κ1) is 20.6. The molecule has 0 radical (unpaired) electrons. The van der Waals surface area contributed by atoms with Crippen molar-refractivity contribution in [3.8, 4) is 0 Å². The molecule has 0 amide bonds. The fraction of sp³-hybridized carbons (Fsp3) is 0.833. The molecule has 0 saturated heterocycles. The van der Waals surface area contributed by atoms with Gasteiger partial charge in [0, 0.05) is 0 Å². The van der Waals surface area contributed by atoms with E-state index >= 15 is 0 Å². The normalized spacial score (nSPS) is 10.0. The molecule has 0 aromatic carbocycles. The van der Waals surface area contributed by atoms with Crippen molar-refractivity contribution in [2.24, 2.45) is 0 Å². The van der Waals surface area contributed by atoms with E-state index in [-0.39, 0.29) is 24.8 Å². The van der Waals surface area contributed by atoms with Gasteiger partial charge in [-0.3, -0.25) is 0 Å². The van der Waals surface area contributed by atoms with Gasteiger partial charge in [-0.2, -0.15) is 0 Å². The predicted molar refractivity (Wildman–Crippen MR) is 72.6 cm³/mol. The van der Waals surface area contributed by atoms with Gasteiger partial charge >= 0.3 is 135 Å². The van der Waals surface area contributed by atoms with Gasteiger partial charge in [-0.05, 0) is 0 Å². The Morgan fingerprint density at radius 1 is 0.714 bits per heavy atom. The van der Waals surface area contributed by atoms with Gasteiger partial charge in [0.1, 0.15) is 0 Å². The monoisotopic (exact) mass is 414 g/mol. The van der Waals surface area contributed by atoms with E-state index in [0.717, 1.165) is 0 Å². The molecule has 0 aliphatic carbocycles. The third-order valence-corrected chi connectivity index (χ3v) is 3.97. The summed E-state index contributed by atoms with van der Waals surface area (Å²) in [6.07, 6.45) is 0.492. The van der Waals surface area contributed by atoms with E-state index in [4.69, 9.17) is 15.6 Å². The van der Waals surface area contributed by atoms with Gasteiger partial charge < -0.3 is 0 Å². The van der Waals surface area contributed by atoms with Gasteiger partial charge in [-0.25, -0.2) is 0 Å². The second-order valence-corrected chi connectivity index (χ2v) is 5.78. The minimum atomic E-state index is -1.30. The molecule has 9 heteroatoms. The average molecular weight is 413 g/mol. The Kier molecular flexibility index (Phi) is 15.6. The molecule has 0 rings (SSSR count). The maximum atomic E-state index is 10.8.